The Morgan fingerprint density at radius 3 is 2.19 bits per heavy atom. The van der Waals surface area contributed by atoms with Crippen molar-refractivity contribution in [3.8, 4) is 11.3 Å². The maximum Gasteiger partial charge on any atom is 0.142 e. The number of fused-ring (bicyclic) bond motifs is 1. The Morgan fingerprint density at radius 1 is 0.857 bits per heavy atom. The molecule has 0 saturated carbocycles. The number of allylic oxidation sites excluding steroid dienone is 4. The topological polar surface area (TPSA) is 13.1 Å². The Bertz CT molecular complexity index is 804. The maximum absolute atomic E-state index is 6.24. The van der Waals surface area contributed by atoms with Gasteiger partial charge in [-0.25, -0.2) is 0 Å². The predicted molar refractivity (Wildman–Crippen MR) is 90.1 cm³/mol. The van der Waals surface area contributed by atoms with Gasteiger partial charge < -0.3 is 4.42 Å². The van der Waals surface area contributed by atoms with Crippen molar-refractivity contribution in [2.24, 2.45) is 0 Å². The quantitative estimate of drug-likeness (QED) is 0.527. The second-order valence-electron chi connectivity index (χ2n) is 4.92. The highest BCUT2D eigenvalue weighted by Crippen LogP contribution is 2.37. The van der Waals surface area contributed by atoms with E-state index in [2.05, 4.69) is 48.6 Å². The fourth-order valence-corrected chi connectivity index (χ4v) is 2.59. The molecule has 0 aliphatic rings. The first-order valence-electron chi connectivity index (χ1n) is 7.21. The van der Waals surface area contributed by atoms with Crippen molar-refractivity contribution in [3.05, 3.63) is 78.6 Å². The molecule has 3 aromatic rings. The maximum atomic E-state index is 6.24. The molecule has 1 nitrogen and oxygen atoms in total. The SMILES string of the molecule is C/C=C\C(=C/C)c1oc(-c2ccccc2)c2ccccc12. The van der Waals surface area contributed by atoms with Crippen molar-refractivity contribution in [1.82, 2.24) is 0 Å². The summed E-state index contributed by atoms with van der Waals surface area (Å²) in [6, 6.07) is 18.6. The molecule has 21 heavy (non-hydrogen) atoms. The summed E-state index contributed by atoms with van der Waals surface area (Å²) in [4.78, 5) is 0. The summed E-state index contributed by atoms with van der Waals surface area (Å²) in [6.45, 7) is 4.06. The molecule has 1 aromatic heterocycles. The van der Waals surface area contributed by atoms with Crippen LogP contribution in [-0.2, 0) is 0 Å². The highest BCUT2D eigenvalue weighted by atomic mass is 16.3. The van der Waals surface area contributed by atoms with Crippen LogP contribution in [0.2, 0.25) is 0 Å². The molecule has 3 rings (SSSR count). The van der Waals surface area contributed by atoms with Crippen molar-refractivity contribution >= 4 is 16.3 Å². The van der Waals surface area contributed by atoms with Crippen LogP contribution in [0.1, 0.15) is 19.6 Å². The van der Waals surface area contributed by atoms with E-state index < -0.39 is 0 Å². The van der Waals surface area contributed by atoms with Gasteiger partial charge in [0.1, 0.15) is 11.5 Å². The predicted octanol–water partition coefficient (Wildman–Crippen LogP) is 6.08. The van der Waals surface area contributed by atoms with E-state index >= 15 is 0 Å². The third kappa shape index (κ3) is 2.43. The Morgan fingerprint density at radius 2 is 1.52 bits per heavy atom. The summed E-state index contributed by atoms with van der Waals surface area (Å²) >= 11 is 0. The van der Waals surface area contributed by atoms with Gasteiger partial charge in [0, 0.05) is 21.9 Å². The Hall–Kier alpha value is -2.54. The average molecular weight is 274 g/mol. The van der Waals surface area contributed by atoms with Crippen LogP contribution in [0.4, 0.5) is 0 Å². The second kappa shape index (κ2) is 5.84. The summed E-state index contributed by atoms with van der Waals surface area (Å²) in [7, 11) is 0. The minimum absolute atomic E-state index is 0.935. The van der Waals surface area contributed by atoms with E-state index in [9.17, 15) is 0 Å². The first-order valence-corrected chi connectivity index (χ1v) is 7.21. The molecule has 0 amide bonds. The van der Waals surface area contributed by atoms with Crippen LogP contribution >= 0.6 is 0 Å². The van der Waals surface area contributed by atoms with E-state index in [4.69, 9.17) is 4.42 Å². The molecule has 0 atom stereocenters. The van der Waals surface area contributed by atoms with Crippen molar-refractivity contribution < 1.29 is 4.42 Å². The van der Waals surface area contributed by atoms with Gasteiger partial charge in [-0.1, -0.05) is 72.8 Å². The molecule has 0 saturated heterocycles. The zero-order valence-corrected chi connectivity index (χ0v) is 12.3. The fourth-order valence-electron chi connectivity index (χ4n) is 2.59. The van der Waals surface area contributed by atoms with E-state index in [-0.39, 0.29) is 0 Å². The van der Waals surface area contributed by atoms with Gasteiger partial charge in [0.05, 0.1) is 0 Å². The van der Waals surface area contributed by atoms with Crippen LogP contribution in [0.25, 0.3) is 27.7 Å². The first-order chi connectivity index (χ1) is 10.3. The zero-order valence-electron chi connectivity index (χ0n) is 12.3. The van der Waals surface area contributed by atoms with Crippen molar-refractivity contribution in [1.29, 1.82) is 0 Å². The summed E-state index contributed by atoms with van der Waals surface area (Å²) in [6.07, 6.45) is 6.20. The molecule has 0 fully saturated rings. The van der Waals surface area contributed by atoms with E-state index in [0.717, 1.165) is 33.4 Å². The minimum atomic E-state index is 0.935. The number of benzene rings is 2. The third-order valence-electron chi connectivity index (χ3n) is 3.58. The van der Waals surface area contributed by atoms with Gasteiger partial charge in [-0.2, -0.15) is 0 Å². The molecule has 0 unspecified atom stereocenters. The van der Waals surface area contributed by atoms with Gasteiger partial charge in [-0.3, -0.25) is 0 Å². The fraction of sp³-hybridized carbons (Fsp3) is 0.100. The van der Waals surface area contributed by atoms with Gasteiger partial charge in [0.15, 0.2) is 0 Å². The van der Waals surface area contributed by atoms with Gasteiger partial charge in [-0.05, 0) is 13.8 Å². The van der Waals surface area contributed by atoms with Gasteiger partial charge in [0.2, 0.25) is 0 Å². The molecule has 0 spiro atoms. The Kier molecular flexibility index (Phi) is 3.74. The molecule has 104 valence electrons. The zero-order chi connectivity index (χ0) is 14.7. The minimum Gasteiger partial charge on any atom is -0.455 e. The number of furan rings is 1. The van der Waals surface area contributed by atoms with E-state index in [0.29, 0.717) is 0 Å². The largest absolute Gasteiger partial charge is 0.455 e. The molecule has 0 N–H and O–H groups in total. The summed E-state index contributed by atoms with van der Waals surface area (Å²) < 4.78 is 6.24. The molecular formula is C20H18O. The van der Waals surface area contributed by atoms with Crippen molar-refractivity contribution in [2.45, 2.75) is 13.8 Å². The van der Waals surface area contributed by atoms with Crippen LogP contribution in [0.5, 0.6) is 0 Å². The highest BCUT2D eigenvalue weighted by Gasteiger charge is 2.15. The molecule has 1 heterocycles. The van der Waals surface area contributed by atoms with E-state index in [1.54, 1.807) is 0 Å². The lowest BCUT2D eigenvalue weighted by Gasteiger charge is -1.98. The molecule has 0 aliphatic carbocycles. The monoisotopic (exact) mass is 274 g/mol. The lowest BCUT2D eigenvalue weighted by Crippen LogP contribution is -1.77. The Labute approximate surface area is 125 Å². The summed E-state index contributed by atoms with van der Waals surface area (Å²) in [5, 5.41) is 2.31. The summed E-state index contributed by atoms with van der Waals surface area (Å²) in [5.41, 5.74) is 2.21. The second-order valence-corrected chi connectivity index (χ2v) is 4.92. The lowest BCUT2D eigenvalue weighted by atomic mass is 10.0. The first kappa shape index (κ1) is 13.4. The number of hydrogen-bond acceptors (Lipinski definition) is 1. The van der Waals surface area contributed by atoms with Gasteiger partial charge >= 0.3 is 0 Å². The van der Waals surface area contributed by atoms with Crippen LogP contribution in [0, 0.1) is 0 Å². The smallest absolute Gasteiger partial charge is 0.142 e. The molecule has 1 heteroatoms. The lowest BCUT2D eigenvalue weighted by molar-refractivity contribution is 0.574. The van der Waals surface area contributed by atoms with Crippen molar-refractivity contribution in [2.75, 3.05) is 0 Å². The van der Waals surface area contributed by atoms with Gasteiger partial charge in [-0.15, -0.1) is 0 Å². The summed E-state index contributed by atoms with van der Waals surface area (Å²) in [5.74, 6) is 1.87. The molecule has 0 radical (unpaired) electrons. The molecule has 0 bridgehead atoms. The molecular weight excluding hydrogens is 256 g/mol. The van der Waals surface area contributed by atoms with Crippen LogP contribution in [0.3, 0.4) is 0 Å². The molecule has 0 aliphatic heterocycles. The van der Waals surface area contributed by atoms with Crippen LogP contribution in [-0.4, -0.2) is 0 Å². The normalized spacial score (nSPS) is 12.4. The standard InChI is InChI=1S/C20H18O/c1-3-10-15(4-2)19-17-13-8-9-14-18(17)20(21-19)16-11-6-5-7-12-16/h3-14H,1-2H3/b10-3-,15-4+. The average Bonchev–Trinajstić information content (AvgIpc) is 2.93. The third-order valence-corrected chi connectivity index (χ3v) is 3.58. The number of rotatable bonds is 3. The van der Waals surface area contributed by atoms with E-state index in [1.165, 1.54) is 0 Å². The Balaban J connectivity index is 2.29. The van der Waals surface area contributed by atoms with Crippen molar-refractivity contribution in [3.63, 3.8) is 0 Å². The number of hydrogen-bond donors (Lipinski definition) is 0. The van der Waals surface area contributed by atoms with Crippen LogP contribution < -0.4 is 0 Å². The molecule has 2 aromatic carbocycles. The highest BCUT2D eigenvalue weighted by molar-refractivity contribution is 6.01. The van der Waals surface area contributed by atoms with Gasteiger partial charge in [0.25, 0.3) is 0 Å². The van der Waals surface area contributed by atoms with E-state index in [1.807, 2.05) is 38.1 Å². The van der Waals surface area contributed by atoms with Crippen LogP contribution in [0.15, 0.2) is 77.2 Å².